The maximum absolute atomic E-state index is 10.1. The molecule has 1 atom stereocenters. The van der Waals surface area contributed by atoms with Gasteiger partial charge in [0.1, 0.15) is 11.6 Å². The lowest BCUT2D eigenvalue weighted by Crippen LogP contribution is -2.32. The van der Waals surface area contributed by atoms with E-state index in [9.17, 15) is 5.11 Å². The molecule has 0 radical (unpaired) electrons. The number of fused-ring (bicyclic) bond motifs is 1. The van der Waals surface area contributed by atoms with Crippen molar-refractivity contribution in [1.82, 2.24) is 9.97 Å². The van der Waals surface area contributed by atoms with Crippen molar-refractivity contribution in [1.29, 1.82) is 0 Å². The van der Waals surface area contributed by atoms with E-state index in [-0.39, 0.29) is 0 Å². The zero-order valence-electron chi connectivity index (χ0n) is 14.9. The summed E-state index contributed by atoms with van der Waals surface area (Å²) >= 11 is 0. The van der Waals surface area contributed by atoms with Gasteiger partial charge < -0.3 is 20.2 Å². The van der Waals surface area contributed by atoms with Gasteiger partial charge in [-0.25, -0.2) is 4.98 Å². The van der Waals surface area contributed by atoms with Crippen molar-refractivity contribution in [3.8, 4) is 0 Å². The molecular formula is C19H24N4O2. The minimum Gasteiger partial charge on any atom is -0.443 e. The number of aryl methyl sites for hydroxylation is 2. The molecule has 6 nitrogen and oxygen atoms in total. The summed E-state index contributed by atoms with van der Waals surface area (Å²) in [7, 11) is 0. The Morgan fingerprint density at radius 1 is 1.20 bits per heavy atom. The second-order valence-corrected chi connectivity index (χ2v) is 6.27. The smallest absolute Gasteiger partial charge is 0.232 e. The number of nitrogens with two attached hydrogens (primary N) is 1. The van der Waals surface area contributed by atoms with Crippen LogP contribution in [0.3, 0.4) is 0 Å². The van der Waals surface area contributed by atoms with Gasteiger partial charge in [0.15, 0.2) is 5.82 Å². The number of para-hydroxylation sites is 1. The molecule has 0 saturated heterocycles. The monoisotopic (exact) mass is 340 g/mol. The molecular weight excluding hydrogens is 316 g/mol. The minimum atomic E-state index is -0.422. The van der Waals surface area contributed by atoms with Crippen molar-refractivity contribution < 1.29 is 9.52 Å². The van der Waals surface area contributed by atoms with Gasteiger partial charge in [-0.1, -0.05) is 25.1 Å². The first-order valence-electron chi connectivity index (χ1n) is 8.49. The highest BCUT2D eigenvalue weighted by molar-refractivity contribution is 5.88. The number of nitrogen functional groups attached to an aromatic ring is 1. The first-order chi connectivity index (χ1) is 12.0. The molecule has 3 rings (SSSR count). The predicted octanol–water partition coefficient (Wildman–Crippen LogP) is 3.20. The van der Waals surface area contributed by atoms with Gasteiger partial charge in [0.25, 0.3) is 0 Å². The van der Waals surface area contributed by atoms with Crippen LogP contribution >= 0.6 is 0 Å². The third-order valence-electron chi connectivity index (χ3n) is 4.46. The van der Waals surface area contributed by atoms with E-state index >= 15 is 0 Å². The molecule has 2 aromatic heterocycles. The lowest BCUT2D eigenvalue weighted by Gasteiger charge is -2.26. The number of anilines is 2. The van der Waals surface area contributed by atoms with Crippen LogP contribution in [0.15, 0.2) is 34.7 Å². The van der Waals surface area contributed by atoms with Gasteiger partial charge in [-0.05, 0) is 32.4 Å². The zero-order chi connectivity index (χ0) is 18.0. The maximum atomic E-state index is 10.1. The van der Waals surface area contributed by atoms with Crippen molar-refractivity contribution in [3.63, 3.8) is 0 Å². The molecule has 25 heavy (non-hydrogen) atoms. The van der Waals surface area contributed by atoms with Crippen LogP contribution in [-0.4, -0.2) is 27.7 Å². The Bertz CT molecular complexity index is 861. The molecule has 0 spiro atoms. The molecule has 0 fully saturated rings. The molecule has 6 heteroatoms. The van der Waals surface area contributed by atoms with Crippen LogP contribution in [0.4, 0.5) is 11.5 Å². The van der Waals surface area contributed by atoms with Crippen molar-refractivity contribution in [2.45, 2.75) is 39.8 Å². The Morgan fingerprint density at radius 2 is 1.92 bits per heavy atom. The fourth-order valence-corrected chi connectivity index (χ4v) is 2.85. The van der Waals surface area contributed by atoms with Gasteiger partial charge >= 0.3 is 0 Å². The summed E-state index contributed by atoms with van der Waals surface area (Å²) in [5, 5.41) is 10.9. The van der Waals surface area contributed by atoms with E-state index in [0.29, 0.717) is 36.9 Å². The fraction of sp³-hybridized carbons (Fsp3) is 0.368. The number of furan rings is 1. The summed E-state index contributed by atoms with van der Waals surface area (Å²) in [5.41, 5.74) is 8.63. The van der Waals surface area contributed by atoms with E-state index in [1.165, 1.54) is 0 Å². The highest BCUT2D eigenvalue weighted by Crippen LogP contribution is 2.27. The average molecular weight is 340 g/mol. The summed E-state index contributed by atoms with van der Waals surface area (Å²) in [6.07, 6.45) is 0.261. The topological polar surface area (TPSA) is 88.4 Å². The Morgan fingerprint density at radius 3 is 2.60 bits per heavy atom. The first kappa shape index (κ1) is 17.2. The quantitative estimate of drug-likeness (QED) is 0.716. The number of aliphatic hydroxyl groups excluding tert-OH is 1. The van der Waals surface area contributed by atoms with Crippen molar-refractivity contribution >= 4 is 22.6 Å². The van der Waals surface area contributed by atoms with Crippen LogP contribution < -0.4 is 10.6 Å². The number of hydrogen-bond donors (Lipinski definition) is 2. The molecule has 0 aliphatic rings. The van der Waals surface area contributed by atoms with Gasteiger partial charge in [-0.3, -0.25) is 0 Å². The number of aliphatic hydroxyl groups is 1. The Labute approximate surface area is 147 Å². The highest BCUT2D eigenvalue weighted by Gasteiger charge is 2.17. The summed E-state index contributed by atoms with van der Waals surface area (Å²) in [5.74, 6) is 1.80. The summed E-state index contributed by atoms with van der Waals surface area (Å²) < 4.78 is 5.71. The van der Waals surface area contributed by atoms with Gasteiger partial charge in [0.2, 0.25) is 5.71 Å². The molecule has 3 N–H and O–H groups in total. The SMILES string of the molecule is CCC(O)CN(Cc1nc(N)c2c(C)c(C)oc2n1)c1ccccc1. The van der Waals surface area contributed by atoms with Crippen LogP contribution in [0, 0.1) is 13.8 Å². The van der Waals surface area contributed by atoms with E-state index in [1.807, 2.05) is 51.1 Å². The Balaban J connectivity index is 1.95. The first-order valence-corrected chi connectivity index (χ1v) is 8.49. The second-order valence-electron chi connectivity index (χ2n) is 6.27. The highest BCUT2D eigenvalue weighted by atomic mass is 16.3. The average Bonchev–Trinajstić information content (AvgIpc) is 2.89. The predicted molar refractivity (Wildman–Crippen MR) is 99.5 cm³/mol. The van der Waals surface area contributed by atoms with E-state index in [2.05, 4.69) is 14.9 Å². The van der Waals surface area contributed by atoms with E-state index in [1.54, 1.807) is 0 Å². The summed E-state index contributed by atoms with van der Waals surface area (Å²) in [4.78, 5) is 11.0. The molecule has 0 aliphatic heterocycles. The third-order valence-corrected chi connectivity index (χ3v) is 4.46. The molecule has 1 unspecified atom stereocenters. The Kier molecular flexibility index (Phi) is 4.90. The molecule has 1 aromatic carbocycles. The summed E-state index contributed by atoms with van der Waals surface area (Å²) in [6.45, 7) is 6.75. The van der Waals surface area contributed by atoms with Gasteiger partial charge in [0, 0.05) is 17.8 Å². The Hall–Kier alpha value is -2.60. The lowest BCUT2D eigenvalue weighted by atomic mass is 10.2. The van der Waals surface area contributed by atoms with Gasteiger partial charge in [-0.15, -0.1) is 0 Å². The number of rotatable bonds is 6. The summed E-state index contributed by atoms with van der Waals surface area (Å²) in [6, 6.07) is 9.92. The third kappa shape index (κ3) is 3.58. The molecule has 2 heterocycles. The number of nitrogens with zero attached hydrogens (tertiary/aromatic N) is 3. The second kappa shape index (κ2) is 7.11. The normalized spacial score (nSPS) is 12.5. The van der Waals surface area contributed by atoms with E-state index < -0.39 is 6.10 Å². The molecule has 0 saturated carbocycles. The number of hydrogen-bond acceptors (Lipinski definition) is 6. The van der Waals surface area contributed by atoms with Crippen LogP contribution in [0.2, 0.25) is 0 Å². The molecule has 3 aromatic rings. The zero-order valence-corrected chi connectivity index (χ0v) is 14.9. The number of aromatic nitrogens is 2. The van der Waals surface area contributed by atoms with E-state index in [4.69, 9.17) is 10.2 Å². The van der Waals surface area contributed by atoms with Crippen molar-refractivity contribution in [2.75, 3.05) is 17.2 Å². The maximum Gasteiger partial charge on any atom is 0.232 e. The van der Waals surface area contributed by atoms with Crippen LogP contribution in [0.25, 0.3) is 11.1 Å². The van der Waals surface area contributed by atoms with Crippen LogP contribution in [0.5, 0.6) is 0 Å². The van der Waals surface area contributed by atoms with Gasteiger partial charge in [-0.2, -0.15) is 4.98 Å². The standard InChI is InChI=1S/C19H24N4O2/c1-4-15(24)10-23(14-8-6-5-7-9-14)11-16-21-18(20)17-12(2)13(3)25-19(17)22-16/h5-9,15,24H,4,10-11H2,1-3H3,(H2,20,21,22). The fourth-order valence-electron chi connectivity index (χ4n) is 2.85. The van der Waals surface area contributed by atoms with Crippen molar-refractivity contribution in [3.05, 3.63) is 47.5 Å². The lowest BCUT2D eigenvalue weighted by molar-refractivity contribution is 0.175. The van der Waals surface area contributed by atoms with Crippen LogP contribution in [0.1, 0.15) is 30.5 Å². The van der Waals surface area contributed by atoms with Crippen LogP contribution in [-0.2, 0) is 6.54 Å². The molecule has 0 bridgehead atoms. The number of benzene rings is 1. The van der Waals surface area contributed by atoms with E-state index in [0.717, 1.165) is 22.4 Å². The minimum absolute atomic E-state index is 0.422. The molecule has 0 aliphatic carbocycles. The van der Waals surface area contributed by atoms with Gasteiger partial charge in [0.05, 0.1) is 18.0 Å². The molecule has 0 amide bonds. The largest absolute Gasteiger partial charge is 0.443 e. The molecule has 132 valence electrons. The van der Waals surface area contributed by atoms with Crippen molar-refractivity contribution in [2.24, 2.45) is 0 Å².